The molecular weight excluding hydrogens is 190 g/mol. The first-order chi connectivity index (χ1) is 6.95. The molecule has 0 saturated heterocycles. The van der Waals surface area contributed by atoms with Gasteiger partial charge in [-0.2, -0.15) is 11.3 Å². The first-order valence-corrected chi connectivity index (χ1v) is 5.73. The lowest BCUT2D eigenvalue weighted by atomic mass is 10.0. The van der Waals surface area contributed by atoms with Gasteiger partial charge in [0.15, 0.2) is 0 Å². The molecule has 2 heterocycles. The molecule has 3 rings (SSSR count). The van der Waals surface area contributed by atoms with E-state index in [9.17, 15) is 0 Å². The Labute approximate surface area is 87.4 Å². The zero-order valence-corrected chi connectivity index (χ0v) is 8.55. The number of fused-ring (bicyclic) bond motifs is 1. The van der Waals surface area contributed by atoms with Gasteiger partial charge in [0.1, 0.15) is 0 Å². The van der Waals surface area contributed by atoms with E-state index in [0.29, 0.717) is 6.04 Å². The van der Waals surface area contributed by atoms with Crippen LogP contribution in [0.5, 0.6) is 0 Å². The molecule has 0 aliphatic carbocycles. The van der Waals surface area contributed by atoms with Crippen molar-refractivity contribution in [2.24, 2.45) is 0 Å². The molecule has 1 aliphatic rings. The SMILES string of the molecule is c1ccc2c(c1)CNC2c1ccsc1. The summed E-state index contributed by atoms with van der Waals surface area (Å²) >= 11 is 1.76. The summed E-state index contributed by atoms with van der Waals surface area (Å²) in [5, 5.41) is 7.89. The molecule has 1 nitrogen and oxygen atoms in total. The molecule has 0 saturated carbocycles. The van der Waals surface area contributed by atoms with E-state index in [1.807, 2.05) is 0 Å². The Balaban J connectivity index is 2.06. The maximum Gasteiger partial charge on any atom is 0.0590 e. The van der Waals surface area contributed by atoms with Crippen molar-refractivity contribution in [3.8, 4) is 0 Å². The van der Waals surface area contributed by atoms with Crippen molar-refractivity contribution in [3.63, 3.8) is 0 Å². The molecule has 2 aromatic rings. The molecule has 1 N–H and O–H groups in total. The van der Waals surface area contributed by atoms with Crippen molar-refractivity contribution in [2.45, 2.75) is 12.6 Å². The Bertz CT molecular complexity index is 433. The monoisotopic (exact) mass is 201 g/mol. The Hall–Kier alpha value is -1.12. The van der Waals surface area contributed by atoms with Gasteiger partial charge < -0.3 is 5.32 Å². The lowest BCUT2D eigenvalue weighted by Crippen LogP contribution is -2.12. The number of hydrogen-bond donors (Lipinski definition) is 1. The maximum atomic E-state index is 3.53. The Kier molecular flexibility index (Phi) is 1.89. The third-order valence-electron chi connectivity index (χ3n) is 2.74. The fourth-order valence-corrected chi connectivity index (χ4v) is 2.72. The number of thiophene rings is 1. The standard InChI is InChI=1S/C12H11NS/c1-2-4-11-9(3-1)7-13-12(11)10-5-6-14-8-10/h1-6,8,12-13H,7H2. The highest BCUT2D eigenvalue weighted by Gasteiger charge is 2.22. The molecule has 0 spiro atoms. The van der Waals surface area contributed by atoms with E-state index in [1.165, 1.54) is 16.7 Å². The van der Waals surface area contributed by atoms with Crippen LogP contribution in [0.4, 0.5) is 0 Å². The molecule has 0 bridgehead atoms. The smallest absolute Gasteiger partial charge is 0.0590 e. The molecule has 0 fully saturated rings. The third-order valence-corrected chi connectivity index (χ3v) is 3.44. The van der Waals surface area contributed by atoms with Gasteiger partial charge in [-0.05, 0) is 33.5 Å². The van der Waals surface area contributed by atoms with Crippen LogP contribution in [-0.2, 0) is 6.54 Å². The van der Waals surface area contributed by atoms with Crippen LogP contribution in [0, 0.1) is 0 Å². The fourth-order valence-electron chi connectivity index (χ4n) is 2.04. The van der Waals surface area contributed by atoms with Gasteiger partial charge in [-0.1, -0.05) is 24.3 Å². The highest BCUT2D eigenvalue weighted by Crippen LogP contribution is 2.31. The van der Waals surface area contributed by atoms with Crippen molar-refractivity contribution >= 4 is 11.3 Å². The number of benzene rings is 1. The summed E-state index contributed by atoms with van der Waals surface area (Å²) in [6.45, 7) is 0.997. The second kappa shape index (κ2) is 3.23. The van der Waals surface area contributed by atoms with E-state index < -0.39 is 0 Å². The minimum Gasteiger partial charge on any atom is -0.302 e. The third kappa shape index (κ3) is 1.19. The number of nitrogens with one attached hydrogen (secondary N) is 1. The largest absolute Gasteiger partial charge is 0.302 e. The molecule has 0 amide bonds. The second-order valence-corrected chi connectivity index (χ2v) is 4.35. The molecule has 14 heavy (non-hydrogen) atoms. The van der Waals surface area contributed by atoms with Gasteiger partial charge in [-0.25, -0.2) is 0 Å². The van der Waals surface area contributed by atoms with Crippen LogP contribution in [-0.4, -0.2) is 0 Å². The molecule has 70 valence electrons. The van der Waals surface area contributed by atoms with Gasteiger partial charge in [-0.15, -0.1) is 0 Å². The Morgan fingerprint density at radius 3 is 3.00 bits per heavy atom. The fraction of sp³-hybridized carbons (Fsp3) is 0.167. The minimum atomic E-state index is 0.414. The summed E-state index contributed by atoms with van der Waals surface area (Å²) < 4.78 is 0. The quantitative estimate of drug-likeness (QED) is 0.748. The van der Waals surface area contributed by atoms with Crippen LogP contribution in [0.25, 0.3) is 0 Å². The highest BCUT2D eigenvalue weighted by molar-refractivity contribution is 7.08. The van der Waals surface area contributed by atoms with Gasteiger partial charge in [0.25, 0.3) is 0 Å². The Morgan fingerprint density at radius 1 is 1.21 bits per heavy atom. The van der Waals surface area contributed by atoms with Gasteiger partial charge in [0.2, 0.25) is 0 Å². The summed E-state index contributed by atoms with van der Waals surface area (Å²) in [5.41, 5.74) is 4.26. The lowest BCUT2D eigenvalue weighted by molar-refractivity contribution is 0.669. The lowest BCUT2D eigenvalue weighted by Gasteiger charge is -2.09. The van der Waals surface area contributed by atoms with Crippen LogP contribution in [0.15, 0.2) is 41.1 Å². The molecule has 0 radical (unpaired) electrons. The number of rotatable bonds is 1. The first kappa shape index (κ1) is 8.21. The van der Waals surface area contributed by atoms with Crippen LogP contribution >= 0.6 is 11.3 Å². The summed E-state index contributed by atoms with van der Waals surface area (Å²) in [7, 11) is 0. The average molecular weight is 201 g/mol. The molecule has 2 heteroatoms. The van der Waals surface area contributed by atoms with E-state index >= 15 is 0 Å². The van der Waals surface area contributed by atoms with E-state index in [4.69, 9.17) is 0 Å². The zero-order valence-electron chi connectivity index (χ0n) is 7.73. The van der Waals surface area contributed by atoms with Crippen molar-refractivity contribution < 1.29 is 0 Å². The molecule has 1 aliphatic heterocycles. The zero-order chi connectivity index (χ0) is 9.38. The van der Waals surface area contributed by atoms with Crippen molar-refractivity contribution in [1.29, 1.82) is 0 Å². The summed E-state index contributed by atoms with van der Waals surface area (Å²) in [5.74, 6) is 0. The predicted molar refractivity (Wildman–Crippen MR) is 59.4 cm³/mol. The van der Waals surface area contributed by atoms with Crippen LogP contribution < -0.4 is 5.32 Å². The normalized spacial score (nSPS) is 19.6. The van der Waals surface area contributed by atoms with Gasteiger partial charge >= 0.3 is 0 Å². The first-order valence-electron chi connectivity index (χ1n) is 4.78. The van der Waals surface area contributed by atoms with Crippen molar-refractivity contribution in [3.05, 3.63) is 57.8 Å². The maximum absolute atomic E-state index is 3.53. The average Bonchev–Trinajstić information content (AvgIpc) is 2.85. The molecule has 1 aromatic heterocycles. The number of hydrogen-bond acceptors (Lipinski definition) is 2. The van der Waals surface area contributed by atoms with Gasteiger partial charge in [0, 0.05) is 6.54 Å². The highest BCUT2D eigenvalue weighted by atomic mass is 32.1. The summed E-state index contributed by atoms with van der Waals surface area (Å²) in [4.78, 5) is 0. The Morgan fingerprint density at radius 2 is 2.14 bits per heavy atom. The molecule has 1 aromatic carbocycles. The van der Waals surface area contributed by atoms with Crippen LogP contribution in [0.2, 0.25) is 0 Å². The van der Waals surface area contributed by atoms with E-state index in [-0.39, 0.29) is 0 Å². The van der Waals surface area contributed by atoms with Gasteiger partial charge in [-0.3, -0.25) is 0 Å². The van der Waals surface area contributed by atoms with E-state index in [0.717, 1.165) is 6.54 Å². The van der Waals surface area contributed by atoms with Gasteiger partial charge in [0.05, 0.1) is 6.04 Å². The van der Waals surface area contributed by atoms with Crippen molar-refractivity contribution in [2.75, 3.05) is 0 Å². The second-order valence-electron chi connectivity index (χ2n) is 3.57. The summed E-state index contributed by atoms with van der Waals surface area (Å²) in [6, 6.07) is 11.3. The van der Waals surface area contributed by atoms with E-state index in [2.05, 4.69) is 46.4 Å². The minimum absolute atomic E-state index is 0.414. The van der Waals surface area contributed by atoms with E-state index in [1.54, 1.807) is 11.3 Å². The van der Waals surface area contributed by atoms with Crippen molar-refractivity contribution in [1.82, 2.24) is 5.32 Å². The summed E-state index contributed by atoms with van der Waals surface area (Å²) in [6.07, 6.45) is 0. The topological polar surface area (TPSA) is 12.0 Å². The van der Waals surface area contributed by atoms with Crippen LogP contribution in [0.1, 0.15) is 22.7 Å². The predicted octanol–water partition coefficient (Wildman–Crippen LogP) is 2.94. The molecular formula is C12H11NS. The molecule has 1 atom stereocenters. The van der Waals surface area contributed by atoms with Crippen LogP contribution in [0.3, 0.4) is 0 Å². The molecule has 1 unspecified atom stereocenters.